The zero-order valence-corrected chi connectivity index (χ0v) is 36.6. The van der Waals surface area contributed by atoms with Gasteiger partial charge in [0.25, 0.3) is 0 Å². The normalized spacial score (nSPS) is 12.4. The summed E-state index contributed by atoms with van der Waals surface area (Å²) in [6.07, 6.45) is 34.9. The molecule has 0 heterocycles. The van der Waals surface area contributed by atoms with Gasteiger partial charge in [0.2, 0.25) is 0 Å². The average molecular weight is 824 g/mol. The Kier molecular flexibility index (Phi) is 34.5. The van der Waals surface area contributed by atoms with E-state index >= 15 is 0 Å². The minimum absolute atomic E-state index is 0.908. The molecule has 3 nitrogen and oxygen atoms in total. The third-order valence-electron chi connectivity index (χ3n) is 9.16. The molecule has 0 N–H and O–H groups in total. The Labute approximate surface area is 283 Å². The topological polar surface area (TPSA) is 27.7 Å². The van der Waals surface area contributed by atoms with Crippen LogP contribution in [0.3, 0.4) is 0 Å². The van der Waals surface area contributed by atoms with Crippen LogP contribution in [0.25, 0.3) is 0 Å². The van der Waals surface area contributed by atoms with Crippen molar-refractivity contribution in [2.75, 3.05) is 13.2 Å². The van der Waals surface area contributed by atoms with Gasteiger partial charge in [0.1, 0.15) is 0 Å². The monoisotopic (exact) mass is 826 g/mol. The van der Waals surface area contributed by atoms with Gasteiger partial charge >= 0.3 is 285 Å². The summed E-state index contributed by atoms with van der Waals surface area (Å²) < 4.78 is 27.3. The van der Waals surface area contributed by atoms with Gasteiger partial charge in [0.05, 0.1) is 0 Å². The minimum atomic E-state index is -3.31. The molecule has 5 heteroatoms. The number of hydrogen-bond acceptors (Lipinski definition) is 3. The zero-order chi connectivity index (χ0) is 31.7. The van der Waals surface area contributed by atoms with E-state index in [0.717, 1.165) is 26.1 Å². The second-order valence-corrected chi connectivity index (χ2v) is 35.9. The van der Waals surface area contributed by atoms with E-state index in [4.69, 9.17) is 7.56 Å². The maximum atomic E-state index is 7.92. The van der Waals surface area contributed by atoms with Gasteiger partial charge in [-0.2, -0.15) is 0 Å². The predicted octanol–water partition coefficient (Wildman–Crippen LogP) is 14.2. The van der Waals surface area contributed by atoms with Crippen LogP contribution in [0.5, 0.6) is 0 Å². The van der Waals surface area contributed by atoms with Crippen LogP contribution in [0.4, 0.5) is 0 Å². The first-order chi connectivity index (χ1) is 21.1. The van der Waals surface area contributed by atoms with E-state index in [-0.39, 0.29) is 0 Å². The van der Waals surface area contributed by atoms with Crippen LogP contribution < -0.4 is 0 Å². The van der Waals surface area contributed by atoms with Crippen LogP contribution in [0.2, 0.25) is 17.7 Å². The van der Waals surface area contributed by atoms with Crippen molar-refractivity contribution in [3.8, 4) is 0 Å². The molecule has 0 aromatic heterocycles. The number of rotatable bonds is 36. The molecule has 260 valence electrons. The van der Waals surface area contributed by atoms with Crippen LogP contribution in [-0.2, 0) is 7.56 Å². The fraction of sp³-hybridized carbons (Fsp3) is 1.00. The average Bonchev–Trinajstić information content (AvgIpc) is 3.02. The van der Waals surface area contributed by atoms with Gasteiger partial charge in [-0.05, 0) is 0 Å². The molecule has 0 fully saturated rings. The van der Waals surface area contributed by atoms with Crippen molar-refractivity contribution in [2.24, 2.45) is 0 Å². The Balaban J connectivity index is 5.92. The van der Waals surface area contributed by atoms with E-state index in [1.165, 1.54) is 172 Å². The molecule has 0 aromatic carbocycles. The van der Waals surface area contributed by atoms with E-state index < -0.39 is 38.4 Å². The number of unbranched alkanes of at least 4 members (excludes halogenated alkanes) is 20. The Morgan fingerprint density at radius 1 is 0.279 bits per heavy atom. The van der Waals surface area contributed by atoms with Gasteiger partial charge in [0, 0.05) is 0 Å². The van der Waals surface area contributed by atoms with Gasteiger partial charge in [-0.25, -0.2) is 0 Å². The van der Waals surface area contributed by atoms with Crippen LogP contribution in [0, 0.1) is 0 Å². The van der Waals surface area contributed by atoms with Crippen molar-refractivity contribution < 1.29 is 7.56 Å². The summed E-state index contributed by atoms with van der Waals surface area (Å²) in [6.45, 7) is 15.7. The summed E-state index contributed by atoms with van der Waals surface area (Å²) in [7, 11) is 0. The Hall–Kier alpha value is 1.48. The fourth-order valence-corrected chi connectivity index (χ4v) is 48.3. The zero-order valence-electron chi connectivity index (χ0n) is 30.9. The second kappa shape index (κ2) is 33.4. The molecule has 0 saturated heterocycles. The summed E-state index contributed by atoms with van der Waals surface area (Å²) in [6, 6.07) is 0. The first-order valence-electron chi connectivity index (χ1n) is 20.1. The molecule has 0 amide bonds. The quantitative estimate of drug-likeness (QED) is 0.0465. The van der Waals surface area contributed by atoms with Crippen molar-refractivity contribution in [1.82, 2.24) is 0 Å². The molecule has 0 radical (unpaired) electrons. The standard InChI is InChI=1S/4C8H17.2C3H7O.O.2Sn/c4*1-3-5-7-8-6-4-2;2*1-2-3-4;;;/h4*1,3-8H2,2H3;2*2-3H2,1H3;;;/q;;;;2*-1;;2*+1. The molecule has 0 saturated carbocycles. The third-order valence-corrected chi connectivity index (χ3v) is 42.4. The van der Waals surface area contributed by atoms with Gasteiger partial charge in [-0.1, -0.05) is 0 Å². The summed E-state index contributed by atoms with van der Waals surface area (Å²) in [5, 5.41) is 0. The maximum absolute atomic E-state index is 7.92. The Morgan fingerprint density at radius 2 is 0.512 bits per heavy atom. The van der Waals surface area contributed by atoms with Gasteiger partial charge in [0.15, 0.2) is 0 Å². The van der Waals surface area contributed by atoms with Crippen molar-refractivity contribution in [3.05, 3.63) is 0 Å². The van der Waals surface area contributed by atoms with E-state index in [9.17, 15) is 0 Å². The molecule has 43 heavy (non-hydrogen) atoms. The van der Waals surface area contributed by atoms with Crippen LogP contribution in [0.1, 0.15) is 208 Å². The molecular formula is C38H82O3Sn2. The molecule has 0 rings (SSSR count). The molecule has 0 spiro atoms. The summed E-state index contributed by atoms with van der Waals surface area (Å²) >= 11 is -6.63. The molecule has 0 bridgehead atoms. The van der Waals surface area contributed by atoms with E-state index in [1.54, 1.807) is 0 Å². The summed E-state index contributed by atoms with van der Waals surface area (Å²) in [4.78, 5) is 0. The first-order valence-corrected chi connectivity index (χ1v) is 32.8. The molecule has 0 aliphatic carbocycles. The fourth-order valence-electron chi connectivity index (χ4n) is 6.42. The first kappa shape index (κ1) is 44.5. The van der Waals surface area contributed by atoms with Gasteiger partial charge in [-0.3, -0.25) is 0 Å². The Morgan fingerprint density at radius 3 is 0.744 bits per heavy atom. The second-order valence-electron chi connectivity index (χ2n) is 13.7. The van der Waals surface area contributed by atoms with Crippen molar-refractivity contribution in [2.45, 2.75) is 226 Å². The van der Waals surface area contributed by atoms with Crippen molar-refractivity contribution in [1.29, 1.82) is 0 Å². The third kappa shape index (κ3) is 26.2. The van der Waals surface area contributed by atoms with Crippen molar-refractivity contribution >= 4 is 38.4 Å². The summed E-state index contributed by atoms with van der Waals surface area (Å²) in [5.74, 6) is 0. The molecule has 0 unspecified atom stereocenters. The van der Waals surface area contributed by atoms with Crippen molar-refractivity contribution in [3.63, 3.8) is 0 Å². The van der Waals surface area contributed by atoms with E-state index in [1.807, 2.05) is 0 Å². The number of hydrogen-bond donors (Lipinski definition) is 0. The molecule has 0 aliphatic heterocycles. The SMILES string of the molecule is CCCCCCC[CH2][Sn]([CH2]CCCCCCC)([O]CCC)[O][Sn]([CH2]CCCCCCC)([CH2]CCCCCCC)[O]CCC. The Bertz CT molecular complexity index is 467. The predicted molar refractivity (Wildman–Crippen MR) is 198 cm³/mol. The van der Waals surface area contributed by atoms with Gasteiger partial charge in [-0.15, -0.1) is 0 Å². The van der Waals surface area contributed by atoms with Crippen LogP contribution in [0.15, 0.2) is 0 Å². The van der Waals surface area contributed by atoms with E-state index in [0.29, 0.717) is 0 Å². The van der Waals surface area contributed by atoms with Crippen LogP contribution in [-0.4, -0.2) is 51.6 Å². The molecular weight excluding hydrogens is 742 g/mol. The van der Waals surface area contributed by atoms with Crippen LogP contribution >= 0.6 is 0 Å². The molecule has 0 aliphatic rings. The molecule has 0 atom stereocenters. The van der Waals surface area contributed by atoms with E-state index in [2.05, 4.69) is 41.5 Å². The molecule has 0 aromatic rings. The summed E-state index contributed by atoms with van der Waals surface area (Å²) in [5.41, 5.74) is 0. The van der Waals surface area contributed by atoms with Gasteiger partial charge < -0.3 is 0 Å².